The van der Waals surface area contributed by atoms with Gasteiger partial charge in [0.2, 0.25) is 0 Å². The van der Waals surface area contributed by atoms with E-state index in [0.29, 0.717) is 5.69 Å². The maximum absolute atomic E-state index is 5.70. The molecule has 3 aromatic rings. The molecule has 0 aliphatic rings. The molecule has 0 unspecified atom stereocenters. The van der Waals surface area contributed by atoms with Crippen LogP contribution in [0.5, 0.6) is 0 Å². The quantitative estimate of drug-likeness (QED) is 0.442. The van der Waals surface area contributed by atoms with Crippen LogP contribution in [0, 0.1) is 0 Å². The summed E-state index contributed by atoms with van der Waals surface area (Å²) in [5.41, 5.74) is 8.17. The van der Waals surface area contributed by atoms with Gasteiger partial charge in [-0.1, -0.05) is 24.3 Å². The van der Waals surface area contributed by atoms with E-state index in [-0.39, 0.29) is 0 Å². The molecule has 3 nitrogen and oxygen atoms in total. The Balaban J connectivity index is 2.55. The van der Waals surface area contributed by atoms with Crippen LogP contribution in [0.3, 0.4) is 0 Å². The van der Waals surface area contributed by atoms with Crippen LogP contribution in [0.1, 0.15) is 0 Å². The predicted molar refractivity (Wildman–Crippen MR) is 61.5 cm³/mol. The van der Waals surface area contributed by atoms with Crippen molar-refractivity contribution in [2.45, 2.75) is 0 Å². The van der Waals surface area contributed by atoms with E-state index in [0.717, 1.165) is 21.8 Å². The minimum Gasteiger partial charge on any atom is -0.399 e. The van der Waals surface area contributed by atoms with Gasteiger partial charge in [-0.3, -0.25) is 0 Å². The fourth-order valence-corrected chi connectivity index (χ4v) is 1.76. The highest BCUT2D eigenvalue weighted by Crippen LogP contribution is 2.22. The second-order valence-electron chi connectivity index (χ2n) is 3.49. The molecule has 0 bridgehead atoms. The zero-order valence-electron chi connectivity index (χ0n) is 8.01. The summed E-state index contributed by atoms with van der Waals surface area (Å²) in [5, 5.41) is 10.5. The van der Waals surface area contributed by atoms with E-state index < -0.39 is 0 Å². The van der Waals surface area contributed by atoms with Crippen LogP contribution in [0.25, 0.3) is 21.8 Å². The molecule has 0 atom stereocenters. The standard InChI is InChI=1S/C12H9N3/c13-8-5-6-10-9-3-1-2-4-11(9)14-15-12(10)7-8/h1-7H,13H2. The Hall–Kier alpha value is -2.16. The van der Waals surface area contributed by atoms with Crippen molar-refractivity contribution in [1.29, 1.82) is 0 Å². The van der Waals surface area contributed by atoms with Crippen LogP contribution in [0.15, 0.2) is 42.5 Å². The normalized spacial score (nSPS) is 10.9. The van der Waals surface area contributed by atoms with Gasteiger partial charge in [-0.15, -0.1) is 10.2 Å². The van der Waals surface area contributed by atoms with Crippen LogP contribution in [0.4, 0.5) is 5.69 Å². The van der Waals surface area contributed by atoms with Gasteiger partial charge in [0, 0.05) is 16.5 Å². The molecule has 0 radical (unpaired) electrons. The highest BCUT2D eigenvalue weighted by atomic mass is 15.1. The first-order valence-corrected chi connectivity index (χ1v) is 4.75. The molecule has 0 saturated carbocycles. The lowest BCUT2D eigenvalue weighted by Crippen LogP contribution is -1.89. The van der Waals surface area contributed by atoms with Crippen molar-refractivity contribution < 1.29 is 0 Å². The molecule has 3 rings (SSSR count). The monoisotopic (exact) mass is 195 g/mol. The van der Waals surface area contributed by atoms with Crippen molar-refractivity contribution in [3.05, 3.63) is 42.5 Å². The lowest BCUT2D eigenvalue weighted by molar-refractivity contribution is 1.12. The number of hydrogen-bond acceptors (Lipinski definition) is 3. The smallest absolute Gasteiger partial charge is 0.0956 e. The summed E-state index contributed by atoms with van der Waals surface area (Å²) in [7, 11) is 0. The molecule has 72 valence electrons. The summed E-state index contributed by atoms with van der Waals surface area (Å²) in [5.74, 6) is 0. The zero-order chi connectivity index (χ0) is 10.3. The van der Waals surface area contributed by atoms with Crippen LogP contribution in [-0.4, -0.2) is 10.2 Å². The van der Waals surface area contributed by atoms with Gasteiger partial charge in [-0.25, -0.2) is 0 Å². The molecule has 1 aromatic heterocycles. The minimum absolute atomic E-state index is 0.715. The second-order valence-corrected chi connectivity index (χ2v) is 3.49. The van der Waals surface area contributed by atoms with E-state index >= 15 is 0 Å². The largest absolute Gasteiger partial charge is 0.399 e. The molecule has 0 spiro atoms. The van der Waals surface area contributed by atoms with Crippen molar-refractivity contribution in [3.63, 3.8) is 0 Å². The Labute approximate surface area is 86.5 Å². The van der Waals surface area contributed by atoms with Gasteiger partial charge in [-0.05, 0) is 18.2 Å². The fourth-order valence-electron chi connectivity index (χ4n) is 1.76. The van der Waals surface area contributed by atoms with Crippen LogP contribution >= 0.6 is 0 Å². The number of nitrogens with zero attached hydrogens (tertiary/aromatic N) is 2. The third-order valence-electron chi connectivity index (χ3n) is 2.48. The molecule has 0 aliphatic heterocycles. The van der Waals surface area contributed by atoms with E-state index in [1.807, 2.05) is 42.5 Å². The minimum atomic E-state index is 0.715. The van der Waals surface area contributed by atoms with Crippen molar-refractivity contribution in [2.24, 2.45) is 0 Å². The number of nitrogen functional groups attached to an aromatic ring is 1. The van der Waals surface area contributed by atoms with Crippen LogP contribution in [-0.2, 0) is 0 Å². The lowest BCUT2D eigenvalue weighted by atomic mass is 10.1. The van der Waals surface area contributed by atoms with Gasteiger partial charge in [0.25, 0.3) is 0 Å². The van der Waals surface area contributed by atoms with E-state index in [1.54, 1.807) is 0 Å². The Kier molecular flexibility index (Phi) is 1.59. The Morgan fingerprint density at radius 3 is 2.47 bits per heavy atom. The molecule has 2 aromatic carbocycles. The van der Waals surface area contributed by atoms with Gasteiger partial charge in [0.15, 0.2) is 0 Å². The molecular weight excluding hydrogens is 186 g/mol. The van der Waals surface area contributed by atoms with Crippen molar-refractivity contribution in [3.8, 4) is 0 Å². The third-order valence-corrected chi connectivity index (χ3v) is 2.48. The first kappa shape index (κ1) is 8.17. The first-order valence-electron chi connectivity index (χ1n) is 4.75. The molecule has 1 heterocycles. The second kappa shape index (κ2) is 2.92. The fraction of sp³-hybridized carbons (Fsp3) is 0. The first-order chi connectivity index (χ1) is 7.34. The Morgan fingerprint density at radius 2 is 1.53 bits per heavy atom. The number of rotatable bonds is 0. The Bertz CT molecular complexity index is 646. The summed E-state index contributed by atoms with van der Waals surface area (Å²) >= 11 is 0. The van der Waals surface area contributed by atoms with E-state index in [4.69, 9.17) is 5.73 Å². The summed E-state index contributed by atoms with van der Waals surface area (Å²) in [6.45, 7) is 0. The number of anilines is 1. The number of nitrogens with two attached hydrogens (primary N) is 1. The summed E-state index contributed by atoms with van der Waals surface area (Å²) in [6.07, 6.45) is 0. The molecule has 3 heteroatoms. The highest BCUT2D eigenvalue weighted by Gasteiger charge is 2.01. The van der Waals surface area contributed by atoms with Gasteiger partial charge in [0.05, 0.1) is 11.0 Å². The SMILES string of the molecule is Nc1ccc2c(c1)nnc1ccccc12. The maximum Gasteiger partial charge on any atom is 0.0956 e. The predicted octanol–water partition coefficient (Wildman–Crippen LogP) is 2.37. The lowest BCUT2D eigenvalue weighted by Gasteiger charge is -2.01. The molecule has 0 fully saturated rings. The maximum atomic E-state index is 5.70. The molecule has 15 heavy (non-hydrogen) atoms. The third kappa shape index (κ3) is 1.21. The van der Waals surface area contributed by atoms with Gasteiger partial charge < -0.3 is 5.73 Å². The molecule has 0 saturated heterocycles. The Morgan fingerprint density at radius 1 is 0.800 bits per heavy atom. The highest BCUT2D eigenvalue weighted by molar-refractivity contribution is 6.04. The van der Waals surface area contributed by atoms with Crippen molar-refractivity contribution in [1.82, 2.24) is 10.2 Å². The van der Waals surface area contributed by atoms with E-state index in [2.05, 4.69) is 10.2 Å². The van der Waals surface area contributed by atoms with E-state index in [1.165, 1.54) is 0 Å². The summed E-state index contributed by atoms with van der Waals surface area (Å²) < 4.78 is 0. The summed E-state index contributed by atoms with van der Waals surface area (Å²) in [6, 6.07) is 13.7. The average Bonchev–Trinajstić information content (AvgIpc) is 2.28. The zero-order valence-corrected chi connectivity index (χ0v) is 8.01. The van der Waals surface area contributed by atoms with Gasteiger partial charge >= 0.3 is 0 Å². The topological polar surface area (TPSA) is 51.8 Å². The van der Waals surface area contributed by atoms with Crippen molar-refractivity contribution >= 4 is 27.5 Å². The number of fused-ring (bicyclic) bond motifs is 3. The number of aromatic nitrogens is 2. The molecular formula is C12H9N3. The van der Waals surface area contributed by atoms with Crippen molar-refractivity contribution in [2.75, 3.05) is 5.73 Å². The van der Waals surface area contributed by atoms with Gasteiger partial charge in [0.1, 0.15) is 0 Å². The number of hydrogen-bond donors (Lipinski definition) is 1. The summed E-state index contributed by atoms with van der Waals surface area (Å²) in [4.78, 5) is 0. The van der Waals surface area contributed by atoms with Gasteiger partial charge in [-0.2, -0.15) is 0 Å². The molecule has 0 amide bonds. The number of benzene rings is 2. The average molecular weight is 195 g/mol. The molecule has 0 aliphatic carbocycles. The van der Waals surface area contributed by atoms with E-state index in [9.17, 15) is 0 Å². The molecule has 2 N–H and O–H groups in total. The van der Waals surface area contributed by atoms with Crippen LogP contribution in [0.2, 0.25) is 0 Å². The van der Waals surface area contributed by atoms with Crippen LogP contribution < -0.4 is 5.73 Å².